The second-order valence-corrected chi connectivity index (χ2v) is 6.22. The van der Waals surface area contributed by atoms with Gasteiger partial charge in [0.2, 0.25) is 0 Å². The molecule has 0 spiro atoms. The van der Waals surface area contributed by atoms with Crippen LogP contribution in [0.15, 0.2) is 48.5 Å². The lowest BCUT2D eigenvalue weighted by Gasteiger charge is -2.04. The molecule has 0 heterocycles. The fourth-order valence-corrected chi connectivity index (χ4v) is 2.37. The summed E-state index contributed by atoms with van der Waals surface area (Å²) in [5.41, 5.74) is 4.25. The Balaban J connectivity index is 1.86. The van der Waals surface area contributed by atoms with Gasteiger partial charge in [-0.05, 0) is 73.2 Å². The number of hydrogen-bond acceptors (Lipinski definition) is 2. The van der Waals surface area contributed by atoms with E-state index in [0.29, 0.717) is 0 Å². The lowest BCUT2D eigenvalue weighted by Crippen LogP contribution is -2.00. The van der Waals surface area contributed by atoms with Crippen molar-refractivity contribution in [2.75, 3.05) is 23.7 Å². The molecular weight excluding hydrogens is 316 g/mol. The molecule has 0 amide bonds. The van der Waals surface area contributed by atoms with Gasteiger partial charge in [-0.25, -0.2) is 0 Å². The summed E-state index contributed by atoms with van der Waals surface area (Å²) in [6.45, 7) is 6.42. The first-order valence-electron chi connectivity index (χ1n) is 9.51. The molecule has 0 bridgehead atoms. The quantitative estimate of drug-likeness (QED) is 0.487. The van der Waals surface area contributed by atoms with Crippen molar-refractivity contribution in [3.63, 3.8) is 0 Å². The van der Waals surface area contributed by atoms with E-state index in [0.717, 1.165) is 35.6 Å². The molecule has 0 atom stereocenters. The molecule has 2 aromatic carbocycles. The third-order valence-corrected chi connectivity index (χ3v) is 3.96. The van der Waals surface area contributed by atoms with Gasteiger partial charge in [-0.15, -0.1) is 0 Å². The molecule has 0 aromatic heterocycles. The first-order chi connectivity index (χ1) is 12.8. The fourth-order valence-electron chi connectivity index (χ4n) is 2.37. The lowest BCUT2D eigenvalue weighted by atomic mass is 10.2. The van der Waals surface area contributed by atoms with Crippen LogP contribution in [0.2, 0.25) is 0 Å². The van der Waals surface area contributed by atoms with E-state index in [4.69, 9.17) is 0 Å². The minimum absolute atomic E-state index is 0.982. The highest BCUT2D eigenvalue weighted by molar-refractivity contribution is 5.52. The maximum atomic E-state index is 3.40. The van der Waals surface area contributed by atoms with Crippen LogP contribution >= 0.6 is 0 Å². The molecular formula is C24H28N2. The Hall–Kier alpha value is -2.84. The normalized spacial score (nSPS) is 9.46. The van der Waals surface area contributed by atoms with Crippen LogP contribution in [0.5, 0.6) is 0 Å². The van der Waals surface area contributed by atoms with Crippen LogP contribution in [0.4, 0.5) is 11.4 Å². The van der Waals surface area contributed by atoms with Gasteiger partial charge in [0, 0.05) is 35.6 Å². The van der Waals surface area contributed by atoms with Crippen LogP contribution in [-0.2, 0) is 0 Å². The van der Waals surface area contributed by atoms with E-state index in [1.807, 2.05) is 24.3 Å². The summed E-state index contributed by atoms with van der Waals surface area (Å²) in [5, 5.41) is 6.80. The molecule has 0 radical (unpaired) electrons. The lowest BCUT2D eigenvalue weighted by molar-refractivity contribution is 0.834. The second kappa shape index (κ2) is 11.7. The molecule has 0 fully saturated rings. The highest BCUT2D eigenvalue weighted by Crippen LogP contribution is 2.10. The monoisotopic (exact) mass is 344 g/mol. The minimum atomic E-state index is 0.982. The van der Waals surface area contributed by atoms with E-state index in [2.05, 4.69) is 72.4 Å². The third kappa shape index (κ3) is 7.37. The Morgan fingerprint density at radius 1 is 0.615 bits per heavy atom. The summed E-state index contributed by atoms with van der Waals surface area (Å²) in [6.07, 6.45) is 4.78. The molecule has 2 heteroatoms. The summed E-state index contributed by atoms with van der Waals surface area (Å²) in [7, 11) is 0. The molecule has 2 nitrogen and oxygen atoms in total. The van der Waals surface area contributed by atoms with Crippen molar-refractivity contribution < 1.29 is 0 Å². The van der Waals surface area contributed by atoms with Crippen LogP contribution in [0.3, 0.4) is 0 Å². The molecule has 0 aliphatic heterocycles. The zero-order valence-corrected chi connectivity index (χ0v) is 15.9. The molecule has 0 saturated carbocycles. The Kier molecular flexibility index (Phi) is 8.74. The molecule has 0 saturated heterocycles. The summed E-state index contributed by atoms with van der Waals surface area (Å²) in [4.78, 5) is 0. The Labute approximate surface area is 158 Å². The highest BCUT2D eigenvalue weighted by Gasteiger charge is 1.92. The molecule has 2 aromatic rings. The maximum absolute atomic E-state index is 3.40. The second-order valence-electron chi connectivity index (χ2n) is 6.22. The summed E-state index contributed by atoms with van der Waals surface area (Å²) in [5.74, 6) is 12.0. The van der Waals surface area contributed by atoms with Crippen molar-refractivity contribution in [3.8, 4) is 23.7 Å². The molecule has 134 valence electrons. The van der Waals surface area contributed by atoms with Crippen molar-refractivity contribution in [1.82, 2.24) is 0 Å². The smallest absolute Gasteiger partial charge is 0.0341 e. The van der Waals surface area contributed by atoms with E-state index in [1.54, 1.807) is 0 Å². The number of hydrogen-bond donors (Lipinski definition) is 2. The number of anilines is 2. The summed E-state index contributed by atoms with van der Waals surface area (Å²) < 4.78 is 0. The summed E-state index contributed by atoms with van der Waals surface area (Å²) >= 11 is 0. The Morgan fingerprint density at radius 2 is 1.00 bits per heavy atom. The molecule has 2 rings (SSSR count). The van der Waals surface area contributed by atoms with Crippen molar-refractivity contribution in [2.45, 2.75) is 39.5 Å². The molecule has 0 unspecified atom stereocenters. The average molecular weight is 345 g/mol. The number of unbranched alkanes of at least 4 members (excludes halogenated alkanes) is 2. The molecule has 0 aliphatic carbocycles. The predicted molar refractivity (Wildman–Crippen MR) is 113 cm³/mol. The van der Waals surface area contributed by atoms with Crippen LogP contribution in [-0.4, -0.2) is 13.1 Å². The highest BCUT2D eigenvalue weighted by atomic mass is 14.9. The van der Waals surface area contributed by atoms with Gasteiger partial charge in [0.25, 0.3) is 0 Å². The van der Waals surface area contributed by atoms with Gasteiger partial charge in [-0.3, -0.25) is 0 Å². The summed E-state index contributed by atoms with van der Waals surface area (Å²) in [6, 6.07) is 16.4. The minimum Gasteiger partial charge on any atom is -0.385 e. The van der Waals surface area contributed by atoms with Gasteiger partial charge in [0.1, 0.15) is 0 Å². The van der Waals surface area contributed by atoms with Crippen molar-refractivity contribution >= 4 is 11.4 Å². The van der Waals surface area contributed by atoms with Gasteiger partial charge < -0.3 is 10.6 Å². The van der Waals surface area contributed by atoms with E-state index in [9.17, 15) is 0 Å². The molecule has 2 N–H and O–H groups in total. The van der Waals surface area contributed by atoms with E-state index < -0.39 is 0 Å². The van der Waals surface area contributed by atoms with Crippen molar-refractivity contribution in [3.05, 3.63) is 59.7 Å². The number of benzene rings is 2. The maximum Gasteiger partial charge on any atom is 0.0341 e. The topological polar surface area (TPSA) is 24.1 Å². The van der Waals surface area contributed by atoms with E-state index in [-0.39, 0.29) is 0 Å². The SMILES string of the molecule is CCCCNc1ccc(C#CC#Cc2ccc(NCCCC)cc2)cc1. The number of nitrogens with one attached hydrogen (secondary N) is 2. The third-order valence-electron chi connectivity index (χ3n) is 3.96. The van der Waals surface area contributed by atoms with Gasteiger partial charge in [0.15, 0.2) is 0 Å². The van der Waals surface area contributed by atoms with E-state index >= 15 is 0 Å². The van der Waals surface area contributed by atoms with Crippen LogP contribution in [0.1, 0.15) is 50.7 Å². The van der Waals surface area contributed by atoms with E-state index in [1.165, 1.54) is 25.7 Å². The Morgan fingerprint density at radius 3 is 1.35 bits per heavy atom. The zero-order valence-electron chi connectivity index (χ0n) is 15.9. The van der Waals surface area contributed by atoms with Crippen LogP contribution < -0.4 is 10.6 Å². The van der Waals surface area contributed by atoms with Crippen LogP contribution in [0.25, 0.3) is 0 Å². The standard InChI is InChI=1S/C24H28N2/c1-3-5-19-25-23-15-11-21(12-16-23)9-7-8-10-22-13-17-24(18-14-22)26-20-6-4-2/h11-18,25-26H,3-6,19-20H2,1-2H3. The number of rotatable bonds is 8. The predicted octanol–water partition coefficient (Wildman–Crippen LogP) is 5.51. The van der Waals surface area contributed by atoms with Crippen molar-refractivity contribution in [1.29, 1.82) is 0 Å². The first-order valence-corrected chi connectivity index (χ1v) is 9.51. The largest absolute Gasteiger partial charge is 0.385 e. The molecule has 26 heavy (non-hydrogen) atoms. The van der Waals surface area contributed by atoms with Gasteiger partial charge in [0.05, 0.1) is 0 Å². The van der Waals surface area contributed by atoms with Gasteiger partial charge >= 0.3 is 0 Å². The Bertz CT molecular complexity index is 696. The van der Waals surface area contributed by atoms with Crippen LogP contribution in [0, 0.1) is 23.7 Å². The van der Waals surface area contributed by atoms with Gasteiger partial charge in [-0.2, -0.15) is 0 Å². The molecule has 0 aliphatic rings. The zero-order chi connectivity index (χ0) is 18.5. The van der Waals surface area contributed by atoms with Crippen molar-refractivity contribution in [2.24, 2.45) is 0 Å². The van der Waals surface area contributed by atoms with Gasteiger partial charge in [-0.1, -0.05) is 38.5 Å². The first kappa shape index (κ1) is 19.5. The fraction of sp³-hybridized carbons (Fsp3) is 0.333. The average Bonchev–Trinajstić information content (AvgIpc) is 2.68.